The molecule has 2 aliphatic rings. The Morgan fingerprint density at radius 1 is 0.964 bits per heavy atom. The summed E-state index contributed by atoms with van der Waals surface area (Å²) in [4.78, 5) is 14.7. The molecular weight excluding hydrogens is 470 g/mol. The number of amides is 1. The summed E-state index contributed by atoms with van der Waals surface area (Å²) in [6, 6.07) is 5.76. The number of piperidine rings is 1. The normalized spacial score (nSPS) is 22.9. The zero-order valence-electron chi connectivity index (χ0n) is 15.6. The predicted molar refractivity (Wildman–Crippen MR) is 109 cm³/mol. The highest BCUT2D eigenvalue weighted by atomic mass is 79.9. The number of rotatable bonds is 4. The molecule has 0 aromatic heterocycles. The summed E-state index contributed by atoms with van der Waals surface area (Å²) in [5.74, 6) is -0.231. The first-order valence-electron chi connectivity index (χ1n) is 9.12. The molecule has 1 atom stereocenters. The molecule has 1 aromatic carbocycles. The highest BCUT2D eigenvalue weighted by Crippen LogP contribution is 2.24. The minimum absolute atomic E-state index is 0.190. The van der Waals surface area contributed by atoms with Gasteiger partial charge < -0.3 is 4.90 Å². The molecule has 3 rings (SSSR count). The van der Waals surface area contributed by atoms with Crippen LogP contribution in [0.4, 0.5) is 0 Å². The molecule has 0 aliphatic carbocycles. The van der Waals surface area contributed by atoms with Gasteiger partial charge in [0.25, 0.3) is 0 Å². The van der Waals surface area contributed by atoms with Crippen LogP contribution in [-0.4, -0.2) is 81.3 Å². The van der Waals surface area contributed by atoms with Crippen LogP contribution in [0.15, 0.2) is 33.6 Å². The summed E-state index contributed by atoms with van der Waals surface area (Å²) in [5, 5.41) is 0. The van der Waals surface area contributed by atoms with Crippen LogP contribution in [0.25, 0.3) is 0 Å². The van der Waals surface area contributed by atoms with Crippen molar-refractivity contribution >= 4 is 41.9 Å². The molecule has 28 heavy (non-hydrogen) atoms. The molecular formula is C17H24BrN3O5S2. The lowest BCUT2D eigenvalue weighted by atomic mass is 10.0. The summed E-state index contributed by atoms with van der Waals surface area (Å²) < 4.78 is 53.0. The molecule has 156 valence electrons. The molecule has 1 aromatic rings. The van der Waals surface area contributed by atoms with Gasteiger partial charge in [0, 0.05) is 37.2 Å². The largest absolute Gasteiger partial charge is 0.339 e. The number of piperazine rings is 1. The third kappa shape index (κ3) is 4.59. The van der Waals surface area contributed by atoms with E-state index in [1.54, 1.807) is 29.2 Å². The van der Waals surface area contributed by atoms with E-state index >= 15 is 0 Å². The van der Waals surface area contributed by atoms with Gasteiger partial charge in [0.15, 0.2) is 0 Å². The van der Waals surface area contributed by atoms with Crippen LogP contribution in [0.5, 0.6) is 0 Å². The molecule has 0 N–H and O–H groups in total. The van der Waals surface area contributed by atoms with Crippen LogP contribution in [0.1, 0.15) is 19.3 Å². The van der Waals surface area contributed by atoms with Gasteiger partial charge in [0.1, 0.15) is 6.04 Å². The van der Waals surface area contributed by atoms with Crippen LogP contribution < -0.4 is 0 Å². The monoisotopic (exact) mass is 493 g/mol. The molecule has 2 fully saturated rings. The van der Waals surface area contributed by atoms with Crippen molar-refractivity contribution in [1.29, 1.82) is 0 Å². The third-order valence-corrected chi connectivity index (χ3v) is 8.90. The van der Waals surface area contributed by atoms with E-state index in [2.05, 4.69) is 15.9 Å². The van der Waals surface area contributed by atoms with E-state index in [0.29, 0.717) is 13.0 Å². The highest BCUT2D eigenvalue weighted by molar-refractivity contribution is 9.10. The fourth-order valence-electron chi connectivity index (χ4n) is 3.66. The highest BCUT2D eigenvalue weighted by Gasteiger charge is 2.38. The van der Waals surface area contributed by atoms with Gasteiger partial charge in [0.2, 0.25) is 26.0 Å². The predicted octanol–water partition coefficient (Wildman–Crippen LogP) is 1.10. The number of sulfonamides is 2. The van der Waals surface area contributed by atoms with Crippen molar-refractivity contribution in [3.05, 3.63) is 28.7 Å². The third-order valence-electron chi connectivity index (χ3n) is 5.17. The number of carbonyl (C=O) groups is 1. The fourth-order valence-corrected chi connectivity index (χ4v) is 6.47. The number of halogens is 1. The number of benzene rings is 1. The van der Waals surface area contributed by atoms with Gasteiger partial charge in [-0.15, -0.1) is 0 Å². The maximum Gasteiger partial charge on any atom is 0.243 e. The first-order chi connectivity index (χ1) is 13.1. The van der Waals surface area contributed by atoms with E-state index in [1.165, 1.54) is 8.61 Å². The van der Waals surface area contributed by atoms with Crippen molar-refractivity contribution in [2.45, 2.75) is 30.2 Å². The second-order valence-electron chi connectivity index (χ2n) is 7.07. The van der Waals surface area contributed by atoms with Gasteiger partial charge in [-0.3, -0.25) is 4.79 Å². The number of nitrogens with zero attached hydrogens (tertiary/aromatic N) is 3. The lowest BCUT2D eigenvalue weighted by molar-refractivity contribution is -0.137. The maximum atomic E-state index is 12.9. The average Bonchev–Trinajstić information content (AvgIpc) is 2.67. The Balaban J connectivity index is 1.67. The van der Waals surface area contributed by atoms with Gasteiger partial charge in [-0.05, 0) is 37.1 Å². The fraction of sp³-hybridized carbons (Fsp3) is 0.588. The maximum absolute atomic E-state index is 12.9. The molecule has 0 bridgehead atoms. The van der Waals surface area contributed by atoms with Crippen LogP contribution in [-0.2, 0) is 24.8 Å². The lowest BCUT2D eigenvalue weighted by Crippen LogP contribution is -2.57. The average molecular weight is 494 g/mol. The molecule has 11 heteroatoms. The molecule has 2 heterocycles. The van der Waals surface area contributed by atoms with E-state index in [0.717, 1.165) is 23.6 Å². The van der Waals surface area contributed by atoms with Gasteiger partial charge >= 0.3 is 0 Å². The van der Waals surface area contributed by atoms with Crippen molar-refractivity contribution in [3.63, 3.8) is 0 Å². The molecule has 1 amide bonds. The second-order valence-corrected chi connectivity index (χ2v) is 11.9. The first-order valence-corrected chi connectivity index (χ1v) is 13.2. The summed E-state index contributed by atoms with van der Waals surface area (Å²) in [7, 11) is -7.08. The Morgan fingerprint density at radius 3 is 2.14 bits per heavy atom. The van der Waals surface area contributed by atoms with E-state index in [-0.39, 0.29) is 37.0 Å². The van der Waals surface area contributed by atoms with E-state index in [4.69, 9.17) is 0 Å². The molecule has 1 unspecified atom stereocenters. The van der Waals surface area contributed by atoms with Crippen molar-refractivity contribution in [2.24, 2.45) is 0 Å². The van der Waals surface area contributed by atoms with Gasteiger partial charge in [-0.1, -0.05) is 22.4 Å². The molecule has 2 saturated heterocycles. The van der Waals surface area contributed by atoms with Crippen LogP contribution >= 0.6 is 15.9 Å². The van der Waals surface area contributed by atoms with Gasteiger partial charge in [-0.2, -0.15) is 8.61 Å². The Kier molecular flexibility index (Phi) is 6.50. The number of carbonyl (C=O) groups excluding carboxylic acids is 1. The van der Waals surface area contributed by atoms with Crippen LogP contribution in [0, 0.1) is 0 Å². The SMILES string of the molecule is CS(=O)(=O)N1CCCCC1C(=O)N1CCN(S(=O)(=O)c2ccc(Br)cc2)CC1. The Hall–Kier alpha value is -1.01. The topological polar surface area (TPSA) is 95.1 Å². The minimum atomic E-state index is -3.62. The van der Waals surface area contributed by atoms with Gasteiger partial charge in [-0.25, -0.2) is 16.8 Å². The van der Waals surface area contributed by atoms with Crippen molar-refractivity contribution in [1.82, 2.24) is 13.5 Å². The molecule has 8 nitrogen and oxygen atoms in total. The van der Waals surface area contributed by atoms with E-state index in [9.17, 15) is 21.6 Å². The summed E-state index contributed by atoms with van der Waals surface area (Å²) in [6.45, 7) is 1.24. The molecule has 0 saturated carbocycles. The Labute approximate surface area is 174 Å². The van der Waals surface area contributed by atoms with Crippen LogP contribution in [0.2, 0.25) is 0 Å². The Morgan fingerprint density at radius 2 is 1.57 bits per heavy atom. The molecule has 0 radical (unpaired) electrons. The molecule has 2 aliphatic heterocycles. The first kappa shape index (κ1) is 21.7. The van der Waals surface area contributed by atoms with Crippen molar-refractivity contribution < 1.29 is 21.6 Å². The van der Waals surface area contributed by atoms with Crippen molar-refractivity contribution in [2.75, 3.05) is 39.0 Å². The minimum Gasteiger partial charge on any atom is -0.339 e. The Bertz CT molecular complexity index is 926. The van der Waals surface area contributed by atoms with Crippen molar-refractivity contribution in [3.8, 4) is 0 Å². The summed E-state index contributed by atoms with van der Waals surface area (Å²) in [5.41, 5.74) is 0. The number of hydrogen-bond donors (Lipinski definition) is 0. The van der Waals surface area contributed by atoms with E-state index < -0.39 is 26.1 Å². The number of hydrogen-bond acceptors (Lipinski definition) is 5. The quantitative estimate of drug-likeness (QED) is 0.625. The smallest absolute Gasteiger partial charge is 0.243 e. The van der Waals surface area contributed by atoms with Crippen LogP contribution in [0.3, 0.4) is 0 Å². The zero-order valence-corrected chi connectivity index (χ0v) is 18.8. The van der Waals surface area contributed by atoms with Gasteiger partial charge in [0.05, 0.1) is 11.2 Å². The lowest BCUT2D eigenvalue weighted by Gasteiger charge is -2.39. The molecule has 0 spiro atoms. The second kappa shape index (κ2) is 8.39. The summed E-state index contributed by atoms with van der Waals surface area (Å²) >= 11 is 3.29. The zero-order chi connectivity index (χ0) is 20.5. The summed E-state index contributed by atoms with van der Waals surface area (Å²) in [6.07, 6.45) is 3.18. The standard InChI is InChI=1S/C17H24BrN3O5S2/c1-27(23,24)21-9-3-2-4-16(21)17(22)19-10-12-20(13-11-19)28(25,26)15-7-5-14(18)6-8-15/h5-8,16H,2-4,9-13H2,1H3. The van der Waals surface area contributed by atoms with E-state index in [1.807, 2.05) is 0 Å².